The van der Waals surface area contributed by atoms with Crippen LogP contribution >= 0.6 is 11.8 Å². The van der Waals surface area contributed by atoms with Crippen molar-refractivity contribution >= 4 is 11.8 Å². The first-order valence-corrected chi connectivity index (χ1v) is 9.45. The van der Waals surface area contributed by atoms with Crippen LogP contribution in [0.15, 0.2) is 16.5 Å². The fraction of sp³-hybridized carbons (Fsp3) is 0.765. The number of nitrogens with one attached hydrogen (secondary N) is 1. The van der Waals surface area contributed by atoms with Crippen LogP contribution < -0.4 is 5.32 Å². The summed E-state index contributed by atoms with van der Waals surface area (Å²) in [6.45, 7) is 6.20. The Kier molecular flexibility index (Phi) is 4.97. The van der Waals surface area contributed by atoms with Gasteiger partial charge in [0.15, 0.2) is 0 Å². The van der Waals surface area contributed by atoms with Gasteiger partial charge in [-0.2, -0.15) is 11.8 Å². The SMILES string of the molecule is CCNC(c1ccc(CC)o1)C1CCOC2(CCSC2)C1. The van der Waals surface area contributed by atoms with Crippen molar-refractivity contribution in [3.8, 4) is 0 Å². The molecule has 3 heterocycles. The van der Waals surface area contributed by atoms with Gasteiger partial charge in [-0.1, -0.05) is 13.8 Å². The molecule has 21 heavy (non-hydrogen) atoms. The van der Waals surface area contributed by atoms with Crippen LogP contribution in [0.4, 0.5) is 0 Å². The minimum Gasteiger partial charge on any atom is -0.464 e. The lowest BCUT2D eigenvalue weighted by Crippen LogP contribution is -2.43. The summed E-state index contributed by atoms with van der Waals surface area (Å²) in [5.41, 5.74) is 0.140. The molecule has 0 bridgehead atoms. The monoisotopic (exact) mass is 309 g/mol. The van der Waals surface area contributed by atoms with Crippen LogP contribution in [0.5, 0.6) is 0 Å². The molecule has 2 aliphatic heterocycles. The molecule has 0 radical (unpaired) electrons. The van der Waals surface area contributed by atoms with E-state index in [1.54, 1.807) is 0 Å². The summed E-state index contributed by atoms with van der Waals surface area (Å²) in [5.74, 6) is 5.24. The summed E-state index contributed by atoms with van der Waals surface area (Å²) in [7, 11) is 0. The zero-order valence-electron chi connectivity index (χ0n) is 13.2. The smallest absolute Gasteiger partial charge is 0.121 e. The summed E-state index contributed by atoms with van der Waals surface area (Å²) in [5, 5.41) is 3.66. The molecule has 4 heteroatoms. The zero-order valence-corrected chi connectivity index (χ0v) is 14.0. The molecule has 0 saturated carbocycles. The minimum atomic E-state index is 0.140. The Morgan fingerprint density at radius 1 is 1.43 bits per heavy atom. The molecule has 1 aromatic heterocycles. The summed E-state index contributed by atoms with van der Waals surface area (Å²) in [6.07, 6.45) is 4.48. The maximum absolute atomic E-state index is 6.17. The number of rotatable bonds is 5. The zero-order chi connectivity index (χ0) is 14.7. The number of thioether (sulfide) groups is 1. The minimum absolute atomic E-state index is 0.140. The molecule has 1 N–H and O–H groups in total. The van der Waals surface area contributed by atoms with Crippen LogP contribution in [0, 0.1) is 5.92 Å². The summed E-state index contributed by atoms with van der Waals surface area (Å²) in [4.78, 5) is 0. The van der Waals surface area contributed by atoms with E-state index in [4.69, 9.17) is 9.15 Å². The standard InChI is InChI=1S/C17H27NO2S/c1-3-14-5-6-15(20-14)16(18-4-2)13-7-9-19-17(11-13)8-10-21-12-17/h5-6,13,16,18H,3-4,7-12H2,1-2H3. The van der Waals surface area contributed by atoms with Crippen molar-refractivity contribution in [1.82, 2.24) is 5.32 Å². The highest BCUT2D eigenvalue weighted by atomic mass is 32.2. The Morgan fingerprint density at radius 2 is 2.33 bits per heavy atom. The fourth-order valence-corrected chi connectivity index (χ4v) is 5.06. The molecule has 0 aliphatic carbocycles. The Hall–Kier alpha value is -0.450. The Morgan fingerprint density at radius 3 is 3.00 bits per heavy atom. The van der Waals surface area contributed by atoms with E-state index in [1.807, 2.05) is 11.8 Å². The van der Waals surface area contributed by atoms with Gasteiger partial charge in [0, 0.05) is 18.8 Å². The second-order valence-corrected chi connectivity index (χ2v) is 7.39. The van der Waals surface area contributed by atoms with Crippen molar-refractivity contribution in [2.75, 3.05) is 24.7 Å². The lowest BCUT2D eigenvalue weighted by atomic mass is 9.80. The van der Waals surface area contributed by atoms with Crippen molar-refractivity contribution in [1.29, 1.82) is 0 Å². The molecule has 3 unspecified atom stereocenters. The van der Waals surface area contributed by atoms with Gasteiger partial charge in [0.25, 0.3) is 0 Å². The largest absolute Gasteiger partial charge is 0.464 e. The number of furan rings is 1. The van der Waals surface area contributed by atoms with Crippen molar-refractivity contribution in [2.45, 2.75) is 51.2 Å². The molecule has 2 fully saturated rings. The van der Waals surface area contributed by atoms with E-state index in [9.17, 15) is 0 Å². The summed E-state index contributed by atoms with van der Waals surface area (Å²) in [6, 6.07) is 4.62. The summed E-state index contributed by atoms with van der Waals surface area (Å²) < 4.78 is 12.2. The Labute approximate surface area is 132 Å². The van der Waals surface area contributed by atoms with Crippen molar-refractivity contribution < 1.29 is 9.15 Å². The summed E-state index contributed by atoms with van der Waals surface area (Å²) >= 11 is 2.04. The highest BCUT2D eigenvalue weighted by molar-refractivity contribution is 7.99. The van der Waals surface area contributed by atoms with Crippen LogP contribution in [0.2, 0.25) is 0 Å². The topological polar surface area (TPSA) is 34.4 Å². The third-order valence-corrected chi connectivity index (χ3v) is 6.05. The highest BCUT2D eigenvalue weighted by Gasteiger charge is 2.43. The van der Waals surface area contributed by atoms with Gasteiger partial charge in [0.1, 0.15) is 11.5 Å². The van der Waals surface area contributed by atoms with E-state index in [0.717, 1.165) is 37.5 Å². The second kappa shape index (κ2) is 6.76. The van der Waals surface area contributed by atoms with Gasteiger partial charge in [0.2, 0.25) is 0 Å². The van der Waals surface area contributed by atoms with Crippen LogP contribution in [0.3, 0.4) is 0 Å². The predicted octanol–water partition coefficient (Wildman–Crippen LogP) is 3.79. The van der Waals surface area contributed by atoms with Crippen LogP contribution in [0.25, 0.3) is 0 Å². The maximum Gasteiger partial charge on any atom is 0.121 e. The van der Waals surface area contributed by atoms with Gasteiger partial charge in [-0.15, -0.1) is 0 Å². The van der Waals surface area contributed by atoms with Crippen molar-refractivity contribution in [3.05, 3.63) is 23.7 Å². The van der Waals surface area contributed by atoms with Gasteiger partial charge in [-0.25, -0.2) is 0 Å². The molecular weight excluding hydrogens is 282 g/mol. The van der Waals surface area contributed by atoms with Crippen LogP contribution in [0.1, 0.15) is 50.7 Å². The van der Waals surface area contributed by atoms with Gasteiger partial charge in [-0.3, -0.25) is 0 Å². The van der Waals surface area contributed by atoms with E-state index in [-0.39, 0.29) is 5.60 Å². The van der Waals surface area contributed by atoms with E-state index in [2.05, 4.69) is 31.3 Å². The maximum atomic E-state index is 6.17. The van der Waals surface area contributed by atoms with Crippen molar-refractivity contribution in [2.24, 2.45) is 5.92 Å². The van der Waals surface area contributed by atoms with Crippen LogP contribution in [-0.4, -0.2) is 30.3 Å². The van der Waals surface area contributed by atoms with E-state index >= 15 is 0 Å². The van der Waals surface area contributed by atoms with E-state index < -0.39 is 0 Å². The van der Waals surface area contributed by atoms with Gasteiger partial charge < -0.3 is 14.5 Å². The third-order valence-electron chi connectivity index (χ3n) is 4.83. The quantitative estimate of drug-likeness (QED) is 0.897. The third kappa shape index (κ3) is 3.33. The predicted molar refractivity (Wildman–Crippen MR) is 87.9 cm³/mol. The number of ether oxygens (including phenoxy) is 1. The Bertz CT molecular complexity index is 453. The molecule has 3 nitrogen and oxygen atoms in total. The number of aryl methyl sites for hydroxylation is 1. The number of hydrogen-bond acceptors (Lipinski definition) is 4. The average Bonchev–Trinajstić information content (AvgIpc) is 3.14. The molecule has 2 aliphatic rings. The average molecular weight is 309 g/mol. The molecule has 3 rings (SSSR count). The lowest BCUT2D eigenvalue weighted by molar-refractivity contribution is -0.0863. The first-order valence-electron chi connectivity index (χ1n) is 8.30. The Balaban J connectivity index is 1.76. The fourth-order valence-electron chi connectivity index (χ4n) is 3.68. The van der Waals surface area contributed by atoms with Gasteiger partial charge in [-0.05, 0) is 49.6 Å². The molecule has 1 aromatic rings. The van der Waals surface area contributed by atoms with Crippen molar-refractivity contribution in [3.63, 3.8) is 0 Å². The molecule has 2 saturated heterocycles. The lowest BCUT2D eigenvalue weighted by Gasteiger charge is -2.40. The molecular formula is C17H27NO2S. The molecule has 118 valence electrons. The highest BCUT2D eigenvalue weighted by Crippen LogP contribution is 2.44. The van der Waals surface area contributed by atoms with Crippen LogP contribution in [-0.2, 0) is 11.2 Å². The van der Waals surface area contributed by atoms with E-state index in [1.165, 1.54) is 24.3 Å². The molecule has 0 aromatic carbocycles. The van der Waals surface area contributed by atoms with Gasteiger partial charge >= 0.3 is 0 Å². The first-order chi connectivity index (χ1) is 10.3. The first kappa shape index (κ1) is 15.4. The van der Waals surface area contributed by atoms with E-state index in [0.29, 0.717) is 12.0 Å². The van der Waals surface area contributed by atoms with Gasteiger partial charge in [0.05, 0.1) is 11.6 Å². The normalized spacial score (nSPS) is 30.9. The second-order valence-electron chi connectivity index (χ2n) is 6.28. The molecule has 3 atom stereocenters. The molecule has 0 amide bonds. The molecule has 1 spiro atoms. The number of hydrogen-bond donors (Lipinski definition) is 1.